The van der Waals surface area contributed by atoms with Crippen molar-refractivity contribution in [3.8, 4) is 0 Å². The third kappa shape index (κ3) is 4.41. The third-order valence-electron chi connectivity index (χ3n) is 4.10. The molecule has 20 heavy (non-hydrogen) atoms. The zero-order valence-corrected chi connectivity index (χ0v) is 13.8. The van der Waals surface area contributed by atoms with Crippen LogP contribution in [-0.2, 0) is 10.2 Å². The van der Waals surface area contributed by atoms with Crippen LogP contribution in [0.3, 0.4) is 0 Å². The first-order chi connectivity index (χ1) is 9.39. The van der Waals surface area contributed by atoms with Gasteiger partial charge in [0.05, 0.1) is 0 Å². The standard InChI is InChI=1S/C14H29N3O2S/c1-12(2)10-16(3)20(18,19)17-8-4-5-13(11-17)9-15-14-6-7-14/h12-15H,4-11H2,1-3H3. The molecule has 0 radical (unpaired) electrons. The topological polar surface area (TPSA) is 52.7 Å². The number of nitrogens with zero attached hydrogens (tertiary/aromatic N) is 2. The van der Waals surface area contributed by atoms with E-state index in [4.69, 9.17) is 0 Å². The highest BCUT2D eigenvalue weighted by Gasteiger charge is 2.32. The molecule has 2 fully saturated rings. The van der Waals surface area contributed by atoms with Crippen molar-refractivity contribution in [3.63, 3.8) is 0 Å². The molecule has 0 bridgehead atoms. The molecule has 6 heteroatoms. The normalized spacial score (nSPS) is 25.6. The number of nitrogens with one attached hydrogen (secondary N) is 1. The van der Waals surface area contributed by atoms with Crippen molar-refractivity contribution in [1.29, 1.82) is 0 Å². The summed E-state index contributed by atoms with van der Waals surface area (Å²) in [6, 6.07) is 0.700. The average molecular weight is 303 g/mol. The maximum absolute atomic E-state index is 12.5. The van der Waals surface area contributed by atoms with Crippen molar-refractivity contribution >= 4 is 10.2 Å². The minimum atomic E-state index is -3.27. The molecule has 1 aliphatic carbocycles. The molecule has 1 saturated carbocycles. The number of rotatable bonds is 7. The van der Waals surface area contributed by atoms with Crippen LogP contribution in [0.25, 0.3) is 0 Å². The van der Waals surface area contributed by atoms with Crippen LogP contribution in [0.1, 0.15) is 39.5 Å². The second kappa shape index (κ2) is 6.73. The summed E-state index contributed by atoms with van der Waals surface area (Å²) >= 11 is 0. The highest BCUT2D eigenvalue weighted by atomic mass is 32.2. The van der Waals surface area contributed by atoms with E-state index in [0.29, 0.717) is 37.5 Å². The van der Waals surface area contributed by atoms with Crippen LogP contribution in [0.15, 0.2) is 0 Å². The molecule has 0 amide bonds. The van der Waals surface area contributed by atoms with Crippen LogP contribution in [-0.4, -0.2) is 56.3 Å². The van der Waals surface area contributed by atoms with Gasteiger partial charge in [-0.15, -0.1) is 0 Å². The van der Waals surface area contributed by atoms with E-state index in [1.165, 1.54) is 17.1 Å². The Morgan fingerprint density at radius 3 is 2.60 bits per heavy atom. The van der Waals surface area contributed by atoms with E-state index in [-0.39, 0.29) is 0 Å². The summed E-state index contributed by atoms with van der Waals surface area (Å²) < 4.78 is 28.3. The quantitative estimate of drug-likeness (QED) is 0.771. The largest absolute Gasteiger partial charge is 0.314 e. The second-order valence-electron chi connectivity index (χ2n) is 6.73. The summed E-state index contributed by atoms with van der Waals surface area (Å²) in [6.07, 6.45) is 4.68. The molecule has 0 aromatic heterocycles. The van der Waals surface area contributed by atoms with Gasteiger partial charge in [0, 0.05) is 32.7 Å². The molecule has 1 aliphatic heterocycles. The number of piperidine rings is 1. The van der Waals surface area contributed by atoms with Crippen LogP contribution in [0, 0.1) is 11.8 Å². The smallest absolute Gasteiger partial charge is 0.281 e. The summed E-state index contributed by atoms with van der Waals surface area (Å²) in [6.45, 7) is 6.98. The summed E-state index contributed by atoms with van der Waals surface area (Å²) in [5, 5.41) is 3.52. The van der Waals surface area contributed by atoms with Gasteiger partial charge in [-0.3, -0.25) is 0 Å². The van der Waals surface area contributed by atoms with Gasteiger partial charge < -0.3 is 5.32 Å². The lowest BCUT2D eigenvalue weighted by atomic mass is 10.00. The Balaban J connectivity index is 1.88. The van der Waals surface area contributed by atoms with Crippen LogP contribution >= 0.6 is 0 Å². The van der Waals surface area contributed by atoms with E-state index >= 15 is 0 Å². The fourth-order valence-electron chi connectivity index (χ4n) is 2.83. The van der Waals surface area contributed by atoms with Gasteiger partial charge in [0.25, 0.3) is 10.2 Å². The van der Waals surface area contributed by atoms with Crippen LogP contribution in [0.5, 0.6) is 0 Å². The maximum atomic E-state index is 12.5. The molecule has 118 valence electrons. The predicted molar refractivity (Wildman–Crippen MR) is 81.7 cm³/mol. The molecule has 1 atom stereocenters. The minimum absolute atomic E-state index is 0.354. The Bertz CT molecular complexity index is 407. The lowest BCUT2D eigenvalue weighted by Crippen LogP contribution is -2.49. The molecule has 0 aromatic carbocycles. The molecule has 2 rings (SSSR count). The molecular formula is C14H29N3O2S. The van der Waals surface area contributed by atoms with Crippen molar-refractivity contribution in [2.24, 2.45) is 11.8 Å². The molecule has 5 nitrogen and oxygen atoms in total. The van der Waals surface area contributed by atoms with Crippen LogP contribution < -0.4 is 5.32 Å². The fraction of sp³-hybridized carbons (Fsp3) is 1.00. The van der Waals surface area contributed by atoms with Crippen molar-refractivity contribution < 1.29 is 8.42 Å². The molecule has 1 unspecified atom stereocenters. The zero-order valence-electron chi connectivity index (χ0n) is 13.0. The Kier molecular flexibility index (Phi) is 5.45. The van der Waals surface area contributed by atoms with Gasteiger partial charge in [-0.1, -0.05) is 13.8 Å². The highest BCUT2D eigenvalue weighted by Crippen LogP contribution is 2.23. The van der Waals surface area contributed by atoms with E-state index in [1.54, 1.807) is 11.4 Å². The minimum Gasteiger partial charge on any atom is -0.314 e. The van der Waals surface area contributed by atoms with Gasteiger partial charge in [0.1, 0.15) is 0 Å². The van der Waals surface area contributed by atoms with Gasteiger partial charge in [0.15, 0.2) is 0 Å². The Morgan fingerprint density at radius 2 is 2.00 bits per heavy atom. The first kappa shape index (κ1) is 16.2. The zero-order chi connectivity index (χ0) is 14.8. The molecular weight excluding hydrogens is 274 g/mol. The monoisotopic (exact) mass is 303 g/mol. The van der Waals surface area contributed by atoms with E-state index < -0.39 is 10.2 Å². The maximum Gasteiger partial charge on any atom is 0.281 e. The van der Waals surface area contributed by atoms with E-state index in [0.717, 1.165) is 19.4 Å². The first-order valence-electron chi connectivity index (χ1n) is 7.84. The molecule has 0 spiro atoms. The van der Waals surface area contributed by atoms with Crippen LogP contribution in [0.2, 0.25) is 0 Å². The lowest BCUT2D eigenvalue weighted by molar-refractivity contribution is 0.243. The molecule has 2 aliphatic rings. The second-order valence-corrected chi connectivity index (χ2v) is 8.77. The van der Waals surface area contributed by atoms with Crippen molar-refractivity contribution in [1.82, 2.24) is 13.9 Å². The molecule has 1 N–H and O–H groups in total. The lowest BCUT2D eigenvalue weighted by Gasteiger charge is -2.35. The summed E-state index contributed by atoms with van der Waals surface area (Å²) in [7, 11) is -1.58. The van der Waals surface area contributed by atoms with Crippen molar-refractivity contribution in [2.45, 2.75) is 45.6 Å². The Hall–Kier alpha value is -0.170. The first-order valence-corrected chi connectivity index (χ1v) is 9.24. The molecule has 0 aromatic rings. The fourth-order valence-corrected chi connectivity index (χ4v) is 4.47. The summed E-state index contributed by atoms with van der Waals surface area (Å²) in [4.78, 5) is 0. The Labute approximate surface area is 123 Å². The summed E-state index contributed by atoms with van der Waals surface area (Å²) in [5.41, 5.74) is 0. The number of hydrogen-bond acceptors (Lipinski definition) is 3. The highest BCUT2D eigenvalue weighted by molar-refractivity contribution is 7.86. The number of hydrogen-bond donors (Lipinski definition) is 1. The van der Waals surface area contributed by atoms with E-state index in [2.05, 4.69) is 5.32 Å². The molecule has 1 heterocycles. The van der Waals surface area contributed by atoms with Gasteiger partial charge in [0.2, 0.25) is 0 Å². The average Bonchev–Trinajstić information content (AvgIpc) is 3.20. The van der Waals surface area contributed by atoms with Gasteiger partial charge in [-0.25, -0.2) is 0 Å². The van der Waals surface area contributed by atoms with Gasteiger partial charge in [-0.05, 0) is 44.1 Å². The SMILES string of the molecule is CC(C)CN(C)S(=O)(=O)N1CCCC(CNC2CC2)C1. The van der Waals surface area contributed by atoms with E-state index in [9.17, 15) is 8.42 Å². The van der Waals surface area contributed by atoms with Crippen LogP contribution in [0.4, 0.5) is 0 Å². The van der Waals surface area contributed by atoms with Crippen molar-refractivity contribution in [2.75, 3.05) is 33.2 Å². The summed E-state index contributed by atoms with van der Waals surface area (Å²) in [5.74, 6) is 0.818. The molecule has 1 saturated heterocycles. The van der Waals surface area contributed by atoms with Crippen molar-refractivity contribution in [3.05, 3.63) is 0 Å². The van der Waals surface area contributed by atoms with Gasteiger partial charge >= 0.3 is 0 Å². The Morgan fingerprint density at radius 1 is 1.30 bits per heavy atom. The third-order valence-corrected chi connectivity index (χ3v) is 6.02. The van der Waals surface area contributed by atoms with E-state index in [1.807, 2.05) is 13.8 Å². The predicted octanol–water partition coefficient (Wildman–Crippen LogP) is 1.28. The van der Waals surface area contributed by atoms with Gasteiger partial charge in [-0.2, -0.15) is 17.0 Å².